The van der Waals surface area contributed by atoms with Crippen molar-refractivity contribution in [2.75, 3.05) is 46.4 Å². The quantitative estimate of drug-likeness (QED) is 0.674. The molecule has 0 saturated carbocycles. The first-order chi connectivity index (χ1) is 10.3. The van der Waals surface area contributed by atoms with E-state index in [2.05, 4.69) is 33.0 Å². The number of carbonyl (C=O) groups is 1. The Morgan fingerprint density at radius 3 is 2.74 bits per heavy atom. The van der Waals surface area contributed by atoms with Gasteiger partial charge in [0.2, 0.25) is 5.91 Å². The van der Waals surface area contributed by atoms with E-state index >= 15 is 0 Å². The van der Waals surface area contributed by atoms with E-state index in [1.54, 1.807) is 11.3 Å². The molecule has 2 heterocycles. The van der Waals surface area contributed by atoms with E-state index in [-0.39, 0.29) is 36.8 Å². The lowest BCUT2D eigenvalue weighted by molar-refractivity contribution is -0.121. The summed E-state index contributed by atoms with van der Waals surface area (Å²) in [5, 5.41) is 8.24. The summed E-state index contributed by atoms with van der Waals surface area (Å²) in [7, 11) is 1.91. The van der Waals surface area contributed by atoms with E-state index in [0.29, 0.717) is 13.0 Å². The summed E-state index contributed by atoms with van der Waals surface area (Å²) in [5.74, 6) is 0.139. The second-order valence-corrected chi connectivity index (χ2v) is 6.17. The first kappa shape index (κ1) is 22.6. The van der Waals surface area contributed by atoms with Crippen molar-refractivity contribution in [2.24, 2.45) is 0 Å². The molecule has 1 aliphatic heterocycles. The molecule has 1 aromatic heterocycles. The third kappa shape index (κ3) is 7.83. The lowest BCUT2D eigenvalue weighted by Gasteiger charge is -2.34. The van der Waals surface area contributed by atoms with Gasteiger partial charge in [0.25, 0.3) is 0 Å². The number of rotatable bonds is 8. The zero-order valence-electron chi connectivity index (χ0n) is 13.5. The molecule has 2 rings (SSSR count). The average Bonchev–Trinajstić information content (AvgIpc) is 3.03. The highest BCUT2D eigenvalue weighted by molar-refractivity contribution is 7.10. The van der Waals surface area contributed by atoms with E-state index in [9.17, 15) is 4.79 Å². The minimum Gasteiger partial charge on any atom is -0.379 e. The smallest absolute Gasteiger partial charge is 0.220 e. The molecule has 0 radical (unpaired) electrons. The second kappa shape index (κ2) is 13.0. The summed E-state index contributed by atoms with van der Waals surface area (Å²) in [6.07, 6.45) is 1.46. The fourth-order valence-electron chi connectivity index (χ4n) is 2.50. The van der Waals surface area contributed by atoms with Gasteiger partial charge in [-0.05, 0) is 31.5 Å². The predicted octanol–water partition coefficient (Wildman–Crippen LogP) is 2.08. The summed E-state index contributed by atoms with van der Waals surface area (Å²) >= 11 is 1.75. The van der Waals surface area contributed by atoms with E-state index in [4.69, 9.17) is 4.74 Å². The van der Waals surface area contributed by atoms with Crippen molar-refractivity contribution in [1.82, 2.24) is 15.5 Å². The van der Waals surface area contributed by atoms with Crippen molar-refractivity contribution in [1.29, 1.82) is 0 Å². The predicted molar refractivity (Wildman–Crippen MR) is 100 cm³/mol. The first-order valence-electron chi connectivity index (χ1n) is 7.57. The van der Waals surface area contributed by atoms with Gasteiger partial charge in [0.15, 0.2) is 0 Å². The Balaban J connectivity index is 0.00000242. The lowest BCUT2D eigenvalue weighted by atomic mass is 10.2. The Labute approximate surface area is 155 Å². The van der Waals surface area contributed by atoms with Gasteiger partial charge in [-0.25, -0.2) is 0 Å². The number of nitrogens with one attached hydrogen (secondary N) is 2. The van der Waals surface area contributed by atoms with Crippen LogP contribution < -0.4 is 10.6 Å². The van der Waals surface area contributed by atoms with Crippen LogP contribution in [-0.4, -0.2) is 57.2 Å². The number of halogens is 2. The van der Waals surface area contributed by atoms with Crippen LogP contribution >= 0.6 is 36.2 Å². The number of carbonyl (C=O) groups excluding carboxylic acids is 1. The molecule has 5 nitrogen and oxygen atoms in total. The summed E-state index contributed by atoms with van der Waals surface area (Å²) in [6.45, 7) is 4.97. The molecule has 134 valence electrons. The van der Waals surface area contributed by atoms with Crippen molar-refractivity contribution >= 4 is 42.1 Å². The maximum atomic E-state index is 11.9. The fraction of sp³-hybridized carbons (Fsp3) is 0.667. The molecule has 1 amide bonds. The standard InChI is InChI=1S/C15H25N3O2S.2ClH/c1-16-6-2-5-15(19)17-12-13(14-4-3-11-21-14)18-7-9-20-10-8-18;;/h3-4,11,13,16H,2,5-10,12H2,1H3,(H,17,19);2*1H. The van der Waals surface area contributed by atoms with E-state index in [0.717, 1.165) is 39.3 Å². The first-order valence-corrected chi connectivity index (χ1v) is 8.45. The molecule has 23 heavy (non-hydrogen) atoms. The van der Waals surface area contributed by atoms with Crippen molar-refractivity contribution in [3.8, 4) is 0 Å². The Bertz CT molecular complexity index is 415. The third-order valence-electron chi connectivity index (χ3n) is 3.68. The third-order valence-corrected chi connectivity index (χ3v) is 4.65. The Hall–Kier alpha value is -0.370. The minimum atomic E-state index is 0. The SMILES string of the molecule is CNCCCC(=O)NCC(c1cccs1)N1CCOCC1.Cl.Cl. The number of hydrogen-bond donors (Lipinski definition) is 2. The molecule has 1 atom stereocenters. The maximum absolute atomic E-state index is 11.9. The lowest BCUT2D eigenvalue weighted by Crippen LogP contribution is -2.43. The van der Waals surface area contributed by atoms with Crippen LogP contribution in [0.4, 0.5) is 0 Å². The number of thiophene rings is 1. The summed E-state index contributed by atoms with van der Waals surface area (Å²) in [5.41, 5.74) is 0. The van der Waals surface area contributed by atoms with Crippen molar-refractivity contribution in [2.45, 2.75) is 18.9 Å². The number of nitrogens with zero attached hydrogens (tertiary/aromatic N) is 1. The molecule has 1 aliphatic rings. The van der Waals surface area contributed by atoms with Crippen LogP contribution in [0, 0.1) is 0 Å². The van der Waals surface area contributed by atoms with Crippen molar-refractivity contribution < 1.29 is 9.53 Å². The molecule has 0 bridgehead atoms. The van der Waals surface area contributed by atoms with E-state index in [1.165, 1.54) is 4.88 Å². The Morgan fingerprint density at radius 1 is 1.39 bits per heavy atom. The molecule has 1 aromatic rings. The molecule has 0 aliphatic carbocycles. The molecule has 0 spiro atoms. The van der Waals surface area contributed by atoms with E-state index < -0.39 is 0 Å². The number of amides is 1. The van der Waals surface area contributed by atoms with Crippen LogP contribution in [0.5, 0.6) is 0 Å². The molecule has 2 N–H and O–H groups in total. The molecule has 1 saturated heterocycles. The molecule has 1 unspecified atom stereocenters. The highest BCUT2D eigenvalue weighted by Crippen LogP contribution is 2.25. The van der Waals surface area contributed by atoms with Gasteiger partial charge < -0.3 is 15.4 Å². The van der Waals surface area contributed by atoms with Gasteiger partial charge in [-0.1, -0.05) is 6.07 Å². The zero-order valence-corrected chi connectivity index (χ0v) is 15.9. The highest BCUT2D eigenvalue weighted by atomic mass is 35.5. The van der Waals surface area contributed by atoms with Gasteiger partial charge in [0, 0.05) is 30.9 Å². The van der Waals surface area contributed by atoms with Crippen molar-refractivity contribution in [3.63, 3.8) is 0 Å². The van der Waals surface area contributed by atoms with Gasteiger partial charge in [0.1, 0.15) is 0 Å². The van der Waals surface area contributed by atoms with Crippen LogP contribution in [0.2, 0.25) is 0 Å². The molecule has 0 aromatic carbocycles. The Kier molecular flexibility index (Phi) is 12.8. The number of hydrogen-bond acceptors (Lipinski definition) is 5. The maximum Gasteiger partial charge on any atom is 0.220 e. The summed E-state index contributed by atoms with van der Waals surface area (Å²) in [4.78, 5) is 15.6. The van der Waals surface area contributed by atoms with Gasteiger partial charge >= 0.3 is 0 Å². The second-order valence-electron chi connectivity index (χ2n) is 5.19. The monoisotopic (exact) mass is 383 g/mol. The van der Waals surface area contributed by atoms with Crippen LogP contribution in [0.1, 0.15) is 23.8 Å². The topological polar surface area (TPSA) is 53.6 Å². The van der Waals surface area contributed by atoms with Gasteiger partial charge in [-0.2, -0.15) is 0 Å². The zero-order chi connectivity index (χ0) is 14.9. The minimum absolute atomic E-state index is 0. The fourth-order valence-corrected chi connectivity index (χ4v) is 3.37. The number of morpholine rings is 1. The molecule has 8 heteroatoms. The van der Waals surface area contributed by atoms with E-state index in [1.807, 2.05) is 7.05 Å². The van der Waals surface area contributed by atoms with Crippen LogP contribution in [0.25, 0.3) is 0 Å². The molecule has 1 fully saturated rings. The summed E-state index contributed by atoms with van der Waals surface area (Å²) in [6, 6.07) is 4.49. The summed E-state index contributed by atoms with van der Waals surface area (Å²) < 4.78 is 5.43. The largest absolute Gasteiger partial charge is 0.379 e. The Morgan fingerprint density at radius 2 is 2.13 bits per heavy atom. The highest BCUT2D eigenvalue weighted by Gasteiger charge is 2.23. The van der Waals surface area contributed by atoms with Gasteiger partial charge in [0.05, 0.1) is 19.3 Å². The normalized spacial score (nSPS) is 16.0. The van der Waals surface area contributed by atoms with Gasteiger partial charge in [-0.15, -0.1) is 36.2 Å². The average molecular weight is 384 g/mol. The van der Waals surface area contributed by atoms with Crippen LogP contribution in [0.15, 0.2) is 17.5 Å². The van der Waals surface area contributed by atoms with Crippen molar-refractivity contribution in [3.05, 3.63) is 22.4 Å². The molecular weight excluding hydrogens is 357 g/mol. The van der Waals surface area contributed by atoms with Gasteiger partial charge in [-0.3, -0.25) is 9.69 Å². The van der Waals surface area contributed by atoms with Crippen LogP contribution in [0.3, 0.4) is 0 Å². The number of ether oxygens (including phenoxy) is 1. The molecular formula is C15H27Cl2N3O2S. The van der Waals surface area contributed by atoms with Crippen LogP contribution in [-0.2, 0) is 9.53 Å².